The number of rotatable bonds is 0. The van der Waals surface area contributed by atoms with E-state index < -0.39 is 0 Å². The van der Waals surface area contributed by atoms with Crippen molar-refractivity contribution in [2.24, 2.45) is 0 Å². The summed E-state index contributed by atoms with van der Waals surface area (Å²) < 4.78 is 0. The highest BCUT2D eigenvalue weighted by Crippen LogP contribution is 2.47. The highest BCUT2D eigenvalue weighted by molar-refractivity contribution is 7.06. The number of benzene rings is 7. The van der Waals surface area contributed by atoms with Crippen molar-refractivity contribution in [3.63, 3.8) is 0 Å². The predicted molar refractivity (Wildman–Crippen MR) is 219 cm³/mol. The Morgan fingerprint density at radius 3 is 0.980 bits per heavy atom. The van der Waals surface area contributed by atoms with Gasteiger partial charge in [0.15, 0.2) is 0 Å². The predicted octanol–water partition coefficient (Wildman–Crippen LogP) is 3.59. The second-order valence-electron chi connectivity index (χ2n) is 14.9. The molecule has 4 nitrogen and oxygen atoms in total. The van der Waals surface area contributed by atoms with E-state index in [1.165, 1.54) is 106 Å². The van der Waals surface area contributed by atoms with Crippen molar-refractivity contribution in [2.45, 2.75) is 0 Å². The minimum atomic E-state index is 0.117. The highest BCUT2D eigenvalue weighted by atomic mass is 15.2. The van der Waals surface area contributed by atoms with Crippen molar-refractivity contribution < 1.29 is 0 Å². The van der Waals surface area contributed by atoms with Crippen LogP contribution in [0.2, 0.25) is 0 Å². The number of hydrogen-bond donors (Lipinski definition) is 0. The molecule has 51 heavy (non-hydrogen) atoms. The normalized spacial score (nSPS) is 15.4. The van der Waals surface area contributed by atoms with E-state index in [4.69, 9.17) is 0 Å². The SMILES string of the molecule is CN1c2ccccc2B2c3cccc4c3N(c3cccc1c32)c1cccc2c1B4c1cccc3c1N2c1cccc2c1B3c1ccccc1N2C. The fourth-order valence-electron chi connectivity index (χ4n) is 11.0. The van der Waals surface area contributed by atoms with Gasteiger partial charge in [0.2, 0.25) is 0 Å². The molecule has 6 aliphatic rings. The summed E-state index contributed by atoms with van der Waals surface area (Å²) in [5.41, 5.74) is 25.6. The highest BCUT2D eigenvalue weighted by Gasteiger charge is 2.52. The van der Waals surface area contributed by atoms with Crippen molar-refractivity contribution in [3.8, 4) is 0 Å². The maximum absolute atomic E-state index is 2.61. The van der Waals surface area contributed by atoms with E-state index in [1.54, 1.807) is 0 Å². The van der Waals surface area contributed by atoms with Gasteiger partial charge in [-0.05, 0) is 97.7 Å². The lowest BCUT2D eigenvalue weighted by atomic mass is 9.27. The van der Waals surface area contributed by atoms with E-state index in [0.717, 1.165) is 0 Å². The third-order valence-electron chi connectivity index (χ3n) is 12.8. The first-order valence-corrected chi connectivity index (χ1v) is 18.1. The molecule has 0 unspecified atom stereocenters. The van der Waals surface area contributed by atoms with Gasteiger partial charge in [0.05, 0.1) is 0 Å². The summed E-state index contributed by atoms with van der Waals surface area (Å²) >= 11 is 0. The summed E-state index contributed by atoms with van der Waals surface area (Å²) in [6.07, 6.45) is 0. The van der Waals surface area contributed by atoms with E-state index in [-0.39, 0.29) is 20.1 Å². The quantitative estimate of drug-likeness (QED) is 0.234. The van der Waals surface area contributed by atoms with Gasteiger partial charge in [0, 0.05) is 71.0 Å². The number of para-hydroxylation sites is 4. The summed E-state index contributed by atoms with van der Waals surface area (Å²) in [6, 6.07) is 53.2. The fraction of sp³-hybridized carbons (Fsp3) is 0.0455. The van der Waals surface area contributed by atoms with Crippen LogP contribution in [0.15, 0.2) is 140 Å². The van der Waals surface area contributed by atoms with Gasteiger partial charge < -0.3 is 19.6 Å². The average molecular weight is 646 g/mol. The molecule has 6 heterocycles. The Bertz CT molecular complexity index is 2580. The minimum absolute atomic E-state index is 0.117. The maximum atomic E-state index is 2.61. The molecular weight excluding hydrogens is 617 g/mol. The van der Waals surface area contributed by atoms with Gasteiger partial charge in [0.1, 0.15) is 0 Å². The molecule has 6 aliphatic heterocycles. The van der Waals surface area contributed by atoms with Gasteiger partial charge in [-0.3, -0.25) is 0 Å². The van der Waals surface area contributed by atoms with E-state index in [9.17, 15) is 0 Å². The molecule has 7 aromatic carbocycles. The lowest BCUT2D eigenvalue weighted by Crippen LogP contribution is -2.70. The first-order valence-electron chi connectivity index (χ1n) is 18.1. The Hall–Kier alpha value is -6.07. The monoisotopic (exact) mass is 646 g/mol. The lowest BCUT2D eigenvalue weighted by Gasteiger charge is -2.51. The number of anilines is 10. The zero-order chi connectivity index (χ0) is 33.3. The largest absolute Gasteiger partial charge is 0.345 e. The van der Waals surface area contributed by atoms with E-state index in [2.05, 4.69) is 173 Å². The van der Waals surface area contributed by atoms with Crippen LogP contribution in [0.1, 0.15) is 0 Å². The molecule has 7 aromatic rings. The maximum Gasteiger partial charge on any atom is 0.252 e. The zero-order valence-corrected chi connectivity index (χ0v) is 28.3. The van der Waals surface area contributed by atoms with Crippen LogP contribution in [-0.4, -0.2) is 34.2 Å². The smallest absolute Gasteiger partial charge is 0.252 e. The van der Waals surface area contributed by atoms with E-state index in [1.807, 2.05) is 0 Å². The second kappa shape index (κ2) is 8.99. The van der Waals surface area contributed by atoms with Crippen molar-refractivity contribution in [3.05, 3.63) is 140 Å². The Kier molecular flexibility index (Phi) is 4.71. The topological polar surface area (TPSA) is 13.0 Å². The molecule has 0 saturated heterocycles. The van der Waals surface area contributed by atoms with Crippen LogP contribution in [-0.2, 0) is 0 Å². The average Bonchev–Trinajstić information content (AvgIpc) is 3.18. The molecule has 0 bridgehead atoms. The molecule has 0 atom stereocenters. The summed E-state index contributed by atoms with van der Waals surface area (Å²) in [4.78, 5) is 10.0. The molecule has 0 fully saturated rings. The van der Waals surface area contributed by atoms with Crippen molar-refractivity contribution in [2.75, 3.05) is 33.7 Å². The molecule has 0 saturated carbocycles. The van der Waals surface area contributed by atoms with Gasteiger partial charge in [-0.15, -0.1) is 0 Å². The first kappa shape index (κ1) is 26.8. The Morgan fingerprint density at radius 2 is 0.569 bits per heavy atom. The molecule has 13 rings (SSSR count). The van der Waals surface area contributed by atoms with Gasteiger partial charge in [-0.25, -0.2) is 0 Å². The van der Waals surface area contributed by atoms with Gasteiger partial charge in [0.25, 0.3) is 20.1 Å². The molecule has 0 aromatic heterocycles. The standard InChI is InChI=1S/C44H29B3N4/c1-48-32-18-5-3-12-26(32)45-28-14-7-16-30-43(28)50(36-22-9-20-34(48)40(36)45)38-24-11-25-39-42(38)47(30)31-17-8-15-29-44(31)51(39)37-23-10-21-35-41(37)46(29)27-13-4-6-19-33(27)49(35)2/h3-25H,1-2H3. The van der Waals surface area contributed by atoms with Crippen LogP contribution in [0, 0.1) is 0 Å². The fourth-order valence-corrected chi connectivity index (χ4v) is 11.0. The third-order valence-corrected chi connectivity index (χ3v) is 12.8. The molecule has 0 N–H and O–H groups in total. The van der Waals surface area contributed by atoms with Crippen LogP contribution in [0.3, 0.4) is 0 Å². The van der Waals surface area contributed by atoms with Gasteiger partial charge in [-0.1, -0.05) is 91.0 Å². The molecule has 0 radical (unpaired) electrons. The van der Waals surface area contributed by atoms with Gasteiger partial charge in [-0.2, -0.15) is 0 Å². The lowest BCUT2D eigenvalue weighted by molar-refractivity contribution is 1.20. The molecule has 7 heteroatoms. The van der Waals surface area contributed by atoms with Crippen LogP contribution in [0.4, 0.5) is 56.9 Å². The van der Waals surface area contributed by atoms with Gasteiger partial charge >= 0.3 is 0 Å². The molecule has 234 valence electrons. The van der Waals surface area contributed by atoms with Crippen molar-refractivity contribution >= 4 is 126 Å². The van der Waals surface area contributed by atoms with E-state index in [0.29, 0.717) is 0 Å². The molecule has 0 amide bonds. The molecule has 0 aliphatic carbocycles. The third kappa shape index (κ3) is 2.95. The second-order valence-corrected chi connectivity index (χ2v) is 14.9. The molecular formula is C44H29B3N4. The van der Waals surface area contributed by atoms with Crippen LogP contribution < -0.4 is 68.8 Å². The number of nitrogens with zero attached hydrogens (tertiary/aromatic N) is 4. The van der Waals surface area contributed by atoms with Crippen molar-refractivity contribution in [1.29, 1.82) is 0 Å². The number of hydrogen-bond acceptors (Lipinski definition) is 4. The Balaban J connectivity index is 1.14. The zero-order valence-electron chi connectivity index (χ0n) is 28.3. The first-order chi connectivity index (χ1) is 25.2. The van der Waals surface area contributed by atoms with Crippen LogP contribution >= 0.6 is 0 Å². The Morgan fingerprint density at radius 1 is 0.294 bits per heavy atom. The van der Waals surface area contributed by atoms with Crippen LogP contribution in [0.5, 0.6) is 0 Å². The minimum Gasteiger partial charge on any atom is -0.345 e. The van der Waals surface area contributed by atoms with Crippen LogP contribution in [0.25, 0.3) is 0 Å². The summed E-state index contributed by atoms with van der Waals surface area (Å²) in [5, 5.41) is 0. The number of fused-ring (bicyclic) bond motifs is 12. The summed E-state index contributed by atoms with van der Waals surface area (Å²) in [7, 11) is 4.45. The Labute approximate surface area is 298 Å². The van der Waals surface area contributed by atoms with Crippen molar-refractivity contribution in [1.82, 2.24) is 0 Å². The summed E-state index contributed by atoms with van der Waals surface area (Å²) in [5.74, 6) is 0. The van der Waals surface area contributed by atoms with E-state index >= 15 is 0 Å². The molecule has 0 spiro atoms. The summed E-state index contributed by atoms with van der Waals surface area (Å²) in [6.45, 7) is 0.460.